The topological polar surface area (TPSA) is 64.9 Å². The van der Waals surface area contributed by atoms with E-state index in [4.69, 9.17) is 4.74 Å². The summed E-state index contributed by atoms with van der Waals surface area (Å²) in [5, 5.41) is 8.25. The van der Waals surface area contributed by atoms with Crippen LogP contribution in [0.1, 0.15) is 29.5 Å². The van der Waals surface area contributed by atoms with E-state index >= 15 is 0 Å². The predicted octanol–water partition coefficient (Wildman–Crippen LogP) is 3.31. The van der Waals surface area contributed by atoms with E-state index in [1.807, 2.05) is 18.7 Å². The molecular formula is C19H22FN5O. The monoisotopic (exact) mass is 355 g/mol. The maximum Gasteiger partial charge on any atom is 0.140 e. The number of hydrogen-bond donors (Lipinski definition) is 1. The van der Waals surface area contributed by atoms with Gasteiger partial charge in [0.05, 0.1) is 22.7 Å². The van der Waals surface area contributed by atoms with Crippen LogP contribution >= 0.6 is 0 Å². The molecule has 0 saturated carbocycles. The Balaban J connectivity index is 1.58. The molecule has 2 atom stereocenters. The van der Waals surface area contributed by atoms with Crippen molar-refractivity contribution in [1.82, 2.24) is 19.7 Å². The van der Waals surface area contributed by atoms with Gasteiger partial charge in [0, 0.05) is 37.4 Å². The zero-order chi connectivity index (χ0) is 18.3. The number of halogens is 1. The maximum absolute atomic E-state index is 14.2. The van der Waals surface area contributed by atoms with Gasteiger partial charge in [0.25, 0.3) is 0 Å². The van der Waals surface area contributed by atoms with Crippen LogP contribution in [-0.4, -0.2) is 32.9 Å². The molecule has 4 rings (SSSR count). The van der Waals surface area contributed by atoms with E-state index in [0.29, 0.717) is 29.9 Å². The van der Waals surface area contributed by atoms with Crippen molar-refractivity contribution in [2.24, 2.45) is 13.0 Å². The van der Waals surface area contributed by atoms with Crippen LogP contribution in [0.2, 0.25) is 0 Å². The first-order chi connectivity index (χ1) is 12.6. The minimum Gasteiger partial charge on any atom is -0.373 e. The quantitative estimate of drug-likeness (QED) is 0.778. The van der Waals surface area contributed by atoms with E-state index in [2.05, 4.69) is 27.3 Å². The number of fused-ring (bicyclic) bond motifs is 1. The highest BCUT2D eigenvalue weighted by molar-refractivity contribution is 5.89. The molecule has 136 valence electrons. The van der Waals surface area contributed by atoms with Crippen LogP contribution < -0.4 is 5.32 Å². The van der Waals surface area contributed by atoms with Crippen molar-refractivity contribution < 1.29 is 9.13 Å². The van der Waals surface area contributed by atoms with Gasteiger partial charge in [-0.2, -0.15) is 5.10 Å². The van der Waals surface area contributed by atoms with E-state index in [-0.39, 0.29) is 17.8 Å². The van der Waals surface area contributed by atoms with Crippen LogP contribution in [-0.2, 0) is 11.8 Å². The lowest BCUT2D eigenvalue weighted by atomic mass is 9.94. The van der Waals surface area contributed by atoms with Crippen LogP contribution in [0.3, 0.4) is 0 Å². The predicted molar refractivity (Wildman–Crippen MR) is 97.5 cm³/mol. The lowest BCUT2D eigenvalue weighted by Gasteiger charge is -2.20. The molecule has 1 aliphatic heterocycles. The Hall–Kier alpha value is -2.54. The van der Waals surface area contributed by atoms with Gasteiger partial charge < -0.3 is 10.1 Å². The molecule has 0 aliphatic carbocycles. The van der Waals surface area contributed by atoms with Crippen molar-refractivity contribution in [1.29, 1.82) is 0 Å². The SMILES string of the molecule is Cc1nn(C)c(C)c1[C@H]1OCC[C@@H]1CNc1ncnc2cccc(F)c12. The van der Waals surface area contributed by atoms with E-state index in [1.165, 1.54) is 12.4 Å². The van der Waals surface area contributed by atoms with Crippen molar-refractivity contribution in [3.05, 3.63) is 47.3 Å². The molecule has 1 saturated heterocycles. The fourth-order valence-corrected chi connectivity index (χ4v) is 3.79. The largest absolute Gasteiger partial charge is 0.373 e. The highest BCUT2D eigenvalue weighted by Gasteiger charge is 2.33. The molecule has 2 aromatic heterocycles. The fourth-order valence-electron chi connectivity index (χ4n) is 3.79. The third kappa shape index (κ3) is 2.82. The Labute approximate surface area is 151 Å². The Morgan fingerprint density at radius 2 is 2.15 bits per heavy atom. The van der Waals surface area contributed by atoms with Gasteiger partial charge in [0.15, 0.2) is 0 Å². The number of nitrogens with zero attached hydrogens (tertiary/aromatic N) is 4. The van der Waals surface area contributed by atoms with Crippen LogP contribution in [0.25, 0.3) is 10.9 Å². The summed E-state index contributed by atoms with van der Waals surface area (Å²) in [6, 6.07) is 4.87. The van der Waals surface area contributed by atoms with Crippen molar-refractivity contribution in [2.75, 3.05) is 18.5 Å². The molecule has 0 radical (unpaired) electrons. The van der Waals surface area contributed by atoms with Crippen molar-refractivity contribution >= 4 is 16.7 Å². The summed E-state index contributed by atoms with van der Waals surface area (Å²) in [7, 11) is 1.95. The lowest BCUT2D eigenvalue weighted by molar-refractivity contribution is 0.0922. The van der Waals surface area contributed by atoms with Crippen LogP contribution in [0.5, 0.6) is 0 Å². The summed E-state index contributed by atoms with van der Waals surface area (Å²) in [5.41, 5.74) is 3.88. The molecule has 1 fully saturated rings. The summed E-state index contributed by atoms with van der Waals surface area (Å²) >= 11 is 0. The third-order valence-corrected chi connectivity index (χ3v) is 5.21. The molecule has 0 amide bonds. The first kappa shape index (κ1) is 16.9. The lowest BCUT2D eigenvalue weighted by Crippen LogP contribution is -2.19. The van der Waals surface area contributed by atoms with Crippen LogP contribution in [0.4, 0.5) is 10.2 Å². The molecule has 3 heterocycles. The number of benzene rings is 1. The summed E-state index contributed by atoms with van der Waals surface area (Å²) in [4.78, 5) is 8.39. The fraction of sp³-hybridized carbons (Fsp3) is 0.421. The Morgan fingerprint density at radius 1 is 1.31 bits per heavy atom. The number of rotatable bonds is 4. The van der Waals surface area contributed by atoms with Gasteiger partial charge in [-0.1, -0.05) is 6.07 Å². The van der Waals surface area contributed by atoms with E-state index < -0.39 is 0 Å². The van der Waals surface area contributed by atoms with Gasteiger partial charge in [0.1, 0.15) is 18.0 Å². The molecule has 0 unspecified atom stereocenters. The van der Waals surface area contributed by atoms with Crippen molar-refractivity contribution in [3.8, 4) is 0 Å². The van der Waals surface area contributed by atoms with Crippen LogP contribution in [0, 0.1) is 25.6 Å². The van der Waals surface area contributed by atoms with Gasteiger partial charge in [-0.05, 0) is 32.4 Å². The second kappa shape index (κ2) is 6.64. The molecule has 26 heavy (non-hydrogen) atoms. The number of anilines is 1. The number of aryl methyl sites for hydroxylation is 2. The first-order valence-corrected chi connectivity index (χ1v) is 8.81. The highest BCUT2D eigenvalue weighted by atomic mass is 19.1. The molecule has 1 aliphatic rings. The van der Waals surface area contributed by atoms with Crippen molar-refractivity contribution in [3.63, 3.8) is 0 Å². The molecule has 7 heteroatoms. The first-order valence-electron chi connectivity index (χ1n) is 8.81. The molecule has 0 bridgehead atoms. The second-order valence-electron chi connectivity index (χ2n) is 6.79. The van der Waals surface area contributed by atoms with Gasteiger partial charge in [-0.15, -0.1) is 0 Å². The standard InChI is InChI=1S/C19H22FN5O/c1-11-16(12(2)25(3)24-11)18-13(7-8-26-18)9-21-19-17-14(20)5-4-6-15(17)22-10-23-19/h4-6,10,13,18H,7-9H2,1-3H3,(H,21,22,23)/t13-,18+/m1/s1. The van der Waals surface area contributed by atoms with Gasteiger partial charge in [-0.25, -0.2) is 14.4 Å². The number of hydrogen-bond acceptors (Lipinski definition) is 5. The molecule has 0 spiro atoms. The molecule has 6 nitrogen and oxygen atoms in total. The van der Waals surface area contributed by atoms with E-state index in [1.54, 1.807) is 12.1 Å². The number of aromatic nitrogens is 4. The Morgan fingerprint density at radius 3 is 2.92 bits per heavy atom. The van der Waals surface area contributed by atoms with Crippen LogP contribution in [0.15, 0.2) is 24.5 Å². The normalized spacial score (nSPS) is 20.0. The van der Waals surface area contributed by atoms with E-state index in [9.17, 15) is 4.39 Å². The minimum absolute atomic E-state index is 0.00542. The van der Waals surface area contributed by atoms with Gasteiger partial charge in [0.2, 0.25) is 0 Å². The highest BCUT2D eigenvalue weighted by Crippen LogP contribution is 2.38. The number of nitrogens with one attached hydrogen (secondary N) is 1. The third-order valence-electron chi connectivity index (χ3n) is 5.21. The molecule has 1 aromatic carbocycles. The maximum atomic E-state index is 14.2. The zero-order valence-corrected chi connectivity index (χ0v) is 15.2. The van der Waals surface area contributed by atoms with Crippen molar-refractivity contribution in [2.45, 2.75) is 26.4 Å². The minimum atomic E-state index is -0.316. The molecular weight excluding hydrogens is 333 g/mol. The van der Waals surface area contributed by atoms with E-state index in [0.717, 1.165) is 23.4 Å². The Bertz CT molecular complexity index is 949. The average molecular weight is 355 g/mol. The molecule has 1 N–H and O–H groups in total. The smallest absolute Gasteiger partial charge is 0.140 e. The molecule has 3 aromatic rings. The second-order valence-corrected chi connectivity index (χ2v) is 6.79. The summed E-state index contributed by atoms with van der Waals surface area (Å²) in [6.45, 7) is 5.44. The zero-order valence-electron chi connectivity index (χ0n) is 15.2. The summed E-state index contributed by atoms with van der Waals surface area (Å²) in [5.74, 6) is 0.482. The summed E-state index contributed by atoms with van der Waals surface area (Å²) in [6.07, 6.45) is 2.40. The van der Waals surface area contributed by atoms with Gasteiger partial charge >= 0.3 is 0 Å². The van der Waals surface area contributed by atoms with Gasteiger partial charge in [-0.3, -0.25) is 4.68 Å². The Kier molecular flexibility index (Phi) is 4.32. The number of ether oxygens (including phenoxy) is 1. The summed E-state index contributed by atoms with van der Waals surface area (Å²) < 4.78 is 22.2. The average Bonchev–Trinajstić information content (AvgIpc) is 3.17.